The van der Waals surface area contributed by atoms with Crippen LogP contribution in [0.4, 0.5) is 10.3 Å². The monoisotopic (exact) mass is 434 g/mol. The summed E-state index contributed by atoms with van der Waals surface area (Å²) in [4.78, 5) is 11.5. The summed E-state index contributed by atoms with van der Waals surface area (Å²) in [5.41, 5.74) is 5.83. The van der Waals surface area contributed by atoms with E-state index in [0.29, 0.717) is 0 Å². The van der Waals surface area contributed by atoms with E-state index in [0.717, 1.165) is 14.3 Å². The number of hydrogen-bond acceptors (Lipinski definition) is 7. The van der Waals surface area contributed by atoms with Crippen LogP contribution < -0.4 is 5.73 Å². The lowest BCUT2D eigenvalue weighted by molar-refractivity contribution is 0.592. The zero-order valence-corrected chi connectivity index (χ0v) is 14.0. The summed E-state index contributed by atoms with van der Waals surface area (Å²) in [6, 6.07) is 4.46. The summed E-state index contributed by atoms with van der Waals surface area (Å²) in [6.07, 6.45) is 0.953. The van der Waals surface area contributed by atoms with Gasteiger partial charge in [0.15, 0.2) is 5.82 Å². The van der Waals surface area contributed by atoms with Gasteiger partial charge in [0.25, 0.3) is 10.9 Å². The fourth-order valence-electron chi connectivity index (χ4n) is 1.73. The molecule has 22 heavy (non-hydrogen) atoms. The van der Waals surface area contributed by atoms with E-state index in [1.807, 2.05) is 22.6 Å². The first kappa shape index (κ1) is 15.0. The van der Waals surface area contributed by atoms with Crippen molar-refractivity contribution in [3.05, 3.63) is 27.6 Å². The van der Waals surface area contributed by atoms with Crippen LogP contribution in [0.25, 0.3) is 17.2 Å². The number of halogens is 2. The summed E-state index contributed by atoms with van der Waals surface area (Å²) < 4.78 is 38.8. The van der Waals surface area contributed by atoms with Gasteiger partial charge in [-0.2, -0.15) is 19.5 Å². The van der Waals surface area contributed by atoms with E-state index in [-0.39, 0.29) is 23.1 Å². The molecule has 0 bridgehead atoms. The first-order valence-electron chi connectivity index (χ1n) is 5.81. The number of fused-ring (bicyclic) bond motifs is 1. The Morgan fingerprint density at radius 1 is 1.27 bits per heavy atom. The van der Waals surface area contributed by atoms with Crippen LogP contribution in [0.5, 0.6) is 0 Å². The summed E-state index contributed by atoms with van der Waals surface area (Å²) in [7, 11) is -3.65. The molecule has 3 rings (SSSR count). The Bertz CT molecular complexity index is 1000. The molecule has 0 saturated carbocycles. The number of nitrogen functional groups attached to an aromatic ring is 1. The van der Waals surface area contributed by atoms with Crippen molar-refractivity contribution in [1.82, 2.24) is 24.6 Å². The molecular weight excluding hydrogens is 426 g/mol. The summed E-state index contributed by atoms with van der Waals surface area (Å²) in [5, 5.41) is 3.57. The van der Waals surface area contributed by atoms with E-state index in [4.69, 9.17) is 5.73 Å². The van der Waals surface area contributed by atoms with E-state index >= 15 is 0 Å². The van der Waals surface area contributed by atoms with Crippen LogP contribution in [-0.2, 0) is 9.84 Å². The lowest BCUT2D eigenvalue weighted by Gasteiger charge is -1.99. The summed E-state index contributed by atoms with van der Waals surface area (Å²) in [6.45, 7) is 0. The number of benzene rings is 1. The Balaban J connectivity index is 2.26. The topological polar surface area (TPSA) is 116 Å². The van der Waals surface area contributed by atoms with Gasteiger partial charge in [-0.15, -0.1) is 5.10 Å². The van der Waals surface area contributed by atoms with Gasteiger partial charge in [0.1, 0.15) is 5.82 Å². The largest absolute Gasteiger partial charge is 0.368 e. The van der Waals surface area contributed by atoms with E-state index in [1.165, 1.54) is 6.07 Å². The highest BCUT2D eigenvalue weighted by Gasteiger charge is 2.19. The van der Waals surface area contributed by atoms with Gasteiger partial charge in [-0.3, -0.25) is 0 Å². The van der Waals surface area contributed by atoms with Crippen molar-refractivity contribution < 1.29 is 12.8 Å². The quantitative estimate of drug-likeness (QED) is 0.597. The lowest BCUT2D eigenvalue weighted by atomic mass is 10.2. The van der Waals surface area contributed by atoms with Crippen molar-refractivity contribution in [3.8, 4) is 11.4 Å². The smallest absolute Gasteiger partial charge is 0.258 e. The second-order valence-electron chi connectivity index (χ2n) is 4.41. The van der Waals surface area contributed by atoms with Crippen molar-refractivity contribution in [2.24, 2.45) is 0 Å². The Labute approximate surface area is 137 Å². The second-order valence-corrected chi connectivity index (χ2v) is 7.56. The zero-order valence-electron chi connectivity index (χ0n) is 11.0. The van der Waals surface area contributed by atoms with Gasteiger partial charge >= 0.3 is 0 Å². The van der Waals surface area contributed by atoms with Crippen LogP contribution in [0.3, 0.4) is 0 Å². The molecule has 3 aromatic rings. The lowest BCUT2D eigenvalue weighted by Crippen LogP contribution is -2.11. The summed E-state index contributed by atoms with van der Waals surface area (Å²) >= 11 is 2.03. The molecule has 2 heterocycles. The molecule has 0 fully saturated rings. The average molecular weight is 434 g/mol. The molecule has 114 valence electrons. The molecule has 0 atom stereocenters. The maximum Gasteiger partial charge on any atom is 0.258 e. The van der Waals surface area contributed by atoms with Crippen molar-refractivity contribution in [3.63, 3.8) is 0 Å². The highest BCUT2D eigenvalue weighted by Crippen LogP contribution is 2.23. The van der Waals surface area contributed by atoms with Crippen LogP contribution in [0, 0.1) is 9.39 Å². The number of rotatable bonds is 2. The molecule has 0 unspecified atom stereocenters. The third-order valence-corrected chi connectivity index (χ3v) is 4.23. The fourth-order valence-corrected chi connectivity index (χ4v) is 2.73. The van der Waals surface area contributed by atoms with E-state index < -0.39 is 20.8 Å². The predicted molar refractivity (Wildman–Crippen MR) is 84.2 cm³/mol. The first-order chi connectivity index (χ1) is 10.3. The molecule has 0 aliphatic carbocycles. The molecule has 0 saturated heterocycles. The highest BCUT2D eigenvalue weighted by atomic mass is 127. The molecule has 0 amide bonds. The van der Waals surface area contributed by atoms with Gasteiger partial charge in [-0.1, -0.05) is 0 Å². The standard InChI is InChI=1S/C11H8FIN6O2S/c1-22(20,21)11-16-9(14)19-10(17-11)15-8(18-19)6-4-5(13)2-3-7(6)12/h2-4H,1H3,(H2,14,15,16,17,18). The zero-order chi connectivity index (χ0) is 16.1. The third kappa shape index (κ3) is 2.61. The molecular formula is C11H8FIN6O2S. The molecule has 11 heteroatoms. The van der Waals surface area contributed by atoms with E-state index in [9.17, 15) is 12.8 Å². The average Bonchev–Trinajstić information content (AvgIpc) is 2.85. The first-order valence-corrected chi connectivity index (χ1v) is 8.78. The van der Waals surface area contributed by atoms with Gasteiger partial charge in [0.05, 0.1) is 5.56 Å². The van der Waals surface area contributed by atoms with Crippen LogP contribution in [0.1, 0.15) is 0 Å². The Kier molecular flexibility index (Phi) is 3.47. The van der Waals surface area contributed by atoms with Crippen molar-refractivity contribution >= 4 is 44.2 Å². The number of anilines is 1. The highest BCUT2D eigenvalue weighted by molar-refractivity contribution is 14.1. The van der Waals surface area contributed by atoms with Crippen LogP contribution in [0.15, 0.2) is 23.4 Å². The van der Waals surface area contributed by atoms with Crippen LogP contribution in [0.2, 0.25) is 0 Å². The van der Waals surface area contributed by atoms with Crippen molar-refractivity contribution in [2.45, 2.75) is 5.16 Å². The van der Waals surface area contributed by atoms with Gasteiger partial charge in [0.2, 0.25) is 15.8 Å². The van der Waals surface area contributed by atoms with Crippen LogP contribution in [-0.4, -0.2) is 39.2 Å². The Morgan fingerprint density at radius 3 is 2.68 bits per heavy atom. The normalized spacial score (nSPS) is 12.0. The van der Waals surface area contributed by atoms with Gasteiger partial charge in [-0.05, 0) is 40.8 Å². The molecule has 2 aromatic heterocycles. The number of aromatic nitrogens is 5. The fraction of sp³-hybridized carbons (Fsp3) is 0.0909. The molecule has 0 aliphatic heterocycles. The van der Waals surface area contributed by atoms with Gasteiger partial charge in [0, 0.05) is 9.83 Å². The Hall–Kier alpha value is -1.89. The maximum atomic E-state index is 13.9. The minimum atomic E-state index is -3.65. The maximum absolute atomic E-state index is 13.9. The second kappa shape index (κ2) is 5.08. The third-order valence-electron chi connectivity index (χ3n) is 2.71. The summed E-state index contributed by atoms with van der Waals surface area (Å²) in [5.74, 6) is -0.731. The number of hydrogen-bond donors (Lipinski definition) is 1. The van der Waals surface area contributed by atoms with Crippen molar-refractivity contribution in [2.75, 3.05) is 12.0 Å². The molecule has 0 spiro atoms. The molecule has 8 nitrogen and oxygen atoms in total. The van der Waals surface area contributed by atoms with Crippen molar-refractivity contribution in [1.29, 1.82) is 0 Å². The molecule has 0 radical (unpaired) electrons. The van der Waals surface area contributed by atoms with E-state index in [2.05, 4.69) is 20.1 Å². The number of nitrogens with two attached hydrogens (primary N) is 1. The predicted octanol–water partition coefficient (Wildman–Crippen LogP) is 0.916. The minimum absolute atomic E-state index is 0.0441. The molecule has 2 N–H and O–H groups in total. The van der Waals surface area contributed by atoms with Gasteiger partial charge < -0.3 is 5.73 Å². The van der Waals surface area contributed by atoms with E-state index in [1.54, 1.807) is 12.1 Å². The SMILES string of the molecule is CS(=O)(=O)c1nc(N)n2nc(-c3cc(I)ccc3F)nc2n1. The number of nitrogens with zero attached hydrogens (tertiary/aromatic N) is 5. The van der Waals surface area contributed by atoms with Crippen LogP contribution >= 0.6 is 22.6 Å². The minimum Gasteiger partial charge on any atom is -0.368 e. The number of sulfone groups is 1. The molecule has 0 aliphatic rings. The Morgan fingerprint density at radius 2 is 2.00 bits per heavy atom. The molecule has 1 aromatic carbocycles. The van der Waals surface area contributed by atoms with Gasteiger partial charge in [-0.25, -0.2) is 12.8 Å².